The van der Waals surface area contributed by atoms with E-state index < -0.39 is 5.92 Å². The summed E-state index contributed by atoms with van der Waals surface area (Å²) in [5.74, 6) is -1.95. The van der Waals surface area contributed by atoms with E-state index in [0.29, 0.717) is 19.0 Å². The Morgan fingerprint density at radius 1 is 1.25 bits per heavy atom. The van der Waals surface area contributed by atoms with Crippen LogP contribution in [0.3, 0.4) is 0 Å². The largest absolute Gasteiger partial charge is 0.340 e. The number of alkyl halides is 2. The van der Waals surface area contributed by atoms with Crippen molar-refractivity contribution in [2.24, 2.45) is 0 Å². The first-order chi connectivity index (χ1) is 7.48. The number of aryl methyl sites for hydroxylation is 2. The molecule has 2 heterocycles. The van der Waals surface area contributed by atoms with Crippen LogP contribution in [0.25, 0.3) is 0 Å². The fourth-order valence-corrected chi connectivity index (χ4v) is 1.70. The summed E-state index contributed by atoms with van der Waals surface area (Å²) in [6.07, 6.45) is 1.52. The predicted molar refractivity (Wildman–Crippen MR) is 57.9 cm³/mol. The van der Waals surface area contributed by atoms with Crippen molar-refractivity contribution in [2.75, 3.05) is 18.0 Å². The van der Waals surface area contributed by atoms with E-state index in [0.717, 1.165) is 11.3 Å². The van der Waals surface area contributed by atoms with Crippen molar-refractivity contribution in [3.05, 3.63) is 17.5 Å². The highest BCUT2D eigenvalue weighted by molar-refractivity contribution is 5.33. The van der Waals surface area contributed by atoms with Crippen LogP contribution < -0.4 is 4.90 Å². The third kappa shape index (κ3) is 2.28. The summed E-state index contributed by atoms with van der Waals surface area (Å²) >= 11 is 0. The zero-order chi connectivity index (χ0) is 11.8. The Kier molecular flexibility index (Phi) is 2.78. The molecule has 3 nitrogen and oxygen atoms in total. The molecule has 0 radical (unpaired) electrons. The summed E-state index contributed by atoms with van der Waals surface area (Å²) in [6.45, 7) is 4.49. The third-order valence-corrected chi connectivity index (χ3v) is 2.99. The molecule has 0 bridgehead atoms. The van der Waals surface area contributed by atoms with Crippen molar-refractivity contribution in [1.29, 1.82) is 0 Å². The van der Waals surface area contributed by atoms with E-state index in [-0.39, 0.29) is 12.8 Å². The van der Waals surface area contributed by atoms with Crippen LogP contribution in [0.5, 0.6) is 0 Å². The minimum absolute atomic E-state index is 0.108. The van der Waals surface area contributed by atoms with E-state index >= 15 is 0 Å². The van der Waals surface area contributed by atoms with Gasteiger partial charge in [0.25, 0.3) is 5.92 Å². The van der Waals surface area contributed by atoms with Crippen LogP contribution in [-0.4, -0.2) is 29.0 Å². The molecule has 0 unspecified atom stereocenters. The van der Waals surface area contributed by atoms with Gasteiger partial charge in [-0.15, -0.1) is 0 Å². The zero-order valence-electron chi connectivity index (χ0n) is 9.50. The quantitative estimate of drug-likeness (QED) is 0.737. The Labute approximate surface area is 93.5 Å². The van der Waals surface area contributed by atoms with Gasteiger partial charge in [-0.3, -0.25) is 0 Å². The fraction of sp³-hybridized carbons (Fsp3) is 0.636. The van der Waals surface area contributed by atoms with E-state index in [2.05, 4.69) is 9.97 Å². The highest BCUT2D eigenvalue weighted by Gasteiger charge is 2.34. The Morgan fingerprint density at radius 2 is 1.88 bits per heavy atom. The summed E-state index contributed by atoms with van der Waals surface area (Å²) in [6, 6.07) is 0. The standard InChI is InChI=1S/C11H15F2N3/c1-8-7-14-10(15-9(8)2)16-5-3-11(12,13)4-6-16/h7H,3-6H2,1-2H3. The SMILES string of the molecule is Cc1cnc(N2CCC(F)(F)CC2)nc1C. The molecule has 1 fully saturated rings. The average Bonchev–Trinajstić information content (AvgIpc) is 2.22. The van der Waals surface area contributed by atoms with Gasteiger partial charge in [-0.05, 0) is 19.4 Å². The molecule has 88 valence electrons. The van der Waals surface area contributed by atoms with Crippen molar-refractivity contribution in [2.45, 2.75) is 32.6 Å². The molecule has 0 N–H and O–H groups in total. The molecular weight excluding hydrogens is 212 g/mol. The number of hydrogen-bond acceptors (Lipinski definition) is 3. The van der Waals surface area contributed by atoms with E-state index in [1.807, 2.05) is 18.7 Å². The van der Waals surface area contributed by atoms with Crippen molar-refractivity contribution in [3.63, 3.8) is 0 Å². The first-order valence-corrected chi connectivity index (χ1v) is 5.41. The lowest BCUT2D eigenvalue weighted by Crippen LogP contribution is -2.40. The number of aromatic nitrogens is 2. The zero-order valence-corrected chi connectivity index (χ0v) is 9.50. The highest BCUT2D eigenvalue weighted by Crippen LogP contribution is 2.29. The van der Waals surface area contributed by atoms with Gasteiger partial charge >= 0.3 is 0 Å². The molecule has 0 atom stereocenters. The Hall–Kier alpha value is -1.26. The van der Waals surface area contributed by atoms with E-state index in [9.17, 15) is 8.78 Å². The third-order valence-electron chi connectivity index (χ3n) is 2.99. The van der Waals surface area contributed by atoms with Crippen molar-refractivity contribution < 1.29 is 8.78 Å². The van der Waals surface area contributed by atoms with Crippen molar-refractivity contribution in [3.8, 4) is 0 Å². The number of piperidine rings is 1. The average molecular weight is 227 g/mol. The number of halogens is 2. The van der Waals surface area contributed by atoms with Crippen LogP contribution in [-0.2, 0) is 0 Å². The van der Waals surface area contributed by atoms with Gasteiger partial charge in [-0.2, -0.15) is 0 Å². The molecule has 0 amide bonds. The van der Waals surface area contributed by atoms with Gasteiger partial charge in [0.2, 0.25) is 5.95 Å². The molecule has 1 aromatic heterocycles. The van der Waals surface area contributed by atoms with Crippen molar-refractivity contribution in [1.82, 2.24) is 9.97 Å². The molecule has 0 aromatic carbocycles. The minimum Gasteiger partial charge on any atom is -0.340 e. The van der Waals surface area contributed by atoms with Gasteiger partial charge in [0.15, 0.2) is 0 Å². The molecule has 0 aliphatic carbocycles. The molecule has 0 saturated carbocycles. The first kappa shape index (κ1) is 11.2. The molecule has 1 aliphatic rings. The minimum atomic E-state index is -2.52. The van der Waals surface area contributed by atoms with Crippen LogP contribution >= 0.6 is 0 Å². The summed E-state index contributed by atoms with van der Waals surface area (Å²) in [4.78, 5) is 10.3. The second-order valence-electron chi connectivity index (χ2n) is 4.28. The monoisotopic (exact) mass is 227 g/mol. The maximum atomic E-state index is 13.0. The molecular formula is C11H15F2N3. The number of anilines is 1. The summed E-state index contributed by atoms with van der Waals surface area (Å²) in [5, 5.41) is 0. The molecule has 0 spiro atoms. The number of rotatable bonds is 1. The van der Waals surface area contributed by atoms with E-state index in [4.69, 9.17) is 0 Å². The molecule has 1 aromatic rings. The Morgan fingerprint density at radius 3 is 2.44 bits per heavy atom. The second-order valence-corrected chi connectivity index (χ2v) is 4.28. The Bertz CT molecular complexity index is 383. The van der Waals surface area contributed by atoms with Crippen LogP contribution in [0.2, 0.25) is 0 Å². The van der Waals surface area contributed by atoms with Crippen LogP contribution in [0.4, 0.5) is 14.7 Å². The number of nitrogens with zero attached hydrogens (tertiary/aromatic N) is 3. The fourth-order valence-electron chi connectivity index (χ4n) is 1.70. The van der Waals surface area contributed by atoms with Gasteiger partial charge in [-0.25, -0.2) is 18.7 Å². The topological polar surface area (TPSA) is 29.0 Å². The second kappa shape index (κ2) is 3.96. The Balaban J connectivity index is 2.11. The van der Waals surface area contributed by atoms with Gasteiger partial charge in [0.05, 0.1) is 0 Å². The highest BCUT2D eigenvalue weighted by atomic mass is 19.3. The van der Waals surface area contributed by atoms with Crippen LogP contribution in [0.1, 0.15) is 24.1 Å². The lowest BCUT2D eigenvalue weighted by atomic mass is 10.1. The molecule has 16 heavy (non-hydrogen) atoms. The van der Waals surface area contributed by atoms with E-state index in [1.165, 1.54) is 0 Å². The molecule has 1 saturated heterocycles. The first-order valence-electron chi connectivity index (χ1n) is 5.41. The van der Waals surface area contributed by atoms with Gasteiger partial charge in [-0.1, -0.05) is 0 Å². The molecule has 2 rings (SSSR count). The lowest BCUT2D eigenvalue weighted by Gasteiger charge is -2.31. The smallest absolute Gasteiger partial charge is 0.251 e. The molecule has 1 aliphatic heterocycles. The van der Waals surface area contributed by atoms with Crippen LogP contribution in [0.15, 0.2) is 6.20 Å². The number of hydrogen-bond donors (Lipinski definition) is 0. The maximum Gasteiger partial charge on any atom is 0.251 e. The lowest BCUT2D eigenvalue weighted by molar-refractivity contribution is -0.0222. The summed E-state index contributed by atoms with van der Waals surface area (Å²) in [7, 11) is 0. The van der Waals surface area contributed by atoms with E-state index in [1.54, 1.807) is 6.20 Å². The summed E-state index contributed by atoms with van der Waals surface area (Å²) in [5.41, 5.74) is 1.92. The van der Waals surface area contributed by atoms with Gasteiger partial charge in [0.1, 0.15) is 0 Å². The maximum absolute atomic E-state index is 13.0. The van der Waals surface area contributed by atoms with Crippen LogP contribution in [0, 0.1) is 13.8 Å². The van der Waals surface area contributed by atoms with Gasteiger partial charge in [0, 0.05) is 37.8 Å². The normalized spacial score (nSPS) is 19.9. The van der Waals surface area contributed by atoms with Crippen molar-refractivity contribution >= 4 is 5.95 Å². The molecule has 5 heteroatoms. The predicted octanol–water partition coefficient (Wildman–Crippen LogP) is 2.33. The summed E-state index contributed by atoms with van der Waals surface area (Å²) < 4.78 is 25.9. The van der Waals surface area contributed by atoms with Gasteiger partial charge < -0.3 is 4.90 Å².